The summed E-state index contributed by atoms with van der Waals surface area (Å²) < 4.78 is 39.0. The van der Waals surface area contributed by atoms with Gasteiger partial charge in [0.1, 0.15) is 10.0 Å². The molecule has 0 aliphatic heterocycles. The first-order chi connectivity index (χ1) is 8.34. The van der Waals surface area contributed by atoms with E-state index in [1.165, 1.54) is 6.20 Å². The lowest BCUT2D eigenvalue weighted by molar-refractivity contribution is -0.225. The molecule has 0 amide bonds. The second-order valence-corrected chi connectivity index (χ2v) is 4.92. The highest BCUT2D eigenvalue weighted by Crippen LogP contribution is 2.52. The Labute approximate surface area is 110 Å². The zero-order valence-corrected chi connectivity index (χ0v) is 10.8. The fourth-order valence-corrected chi connectivity index (χ4v) is 1.96. The van der Waals surface area contributed by atoms with Crippen LogP contribution < -0.4 is 5.73 Å². The predicted molar refractivity (Wildman–Crippen MR) is 63.4 cm³/mol. The van der Waals surface area contributed by atoms with Crippen LogP contribution in [0, 0.1) is 17.3 Å². The number of alkyl halides is 3. The van der Waals surface area contributed by atoms with Gasteiger partial charge in [-0.1, -0.05) is 5.92 Å². The summed E-state index contributed by atoms with van der Waals surface area (Å²) in [5.74, 6) is 4.70. The second kappa shape index (κ2) is 4.43. The number of anilines is 1. The Bertz CT molecular complexity index is 527. The Kier molecular flexibility index (Phi) is 3.23. The minimum atomic E-state index is -4.31. The molecule has 1 aromatic heterocycles. The molecule has 1 aliphatic rings. The lowest BCUT2D eigenvalue weighted by Gasteiger charge is -2.38. The van der Waals surface area contributed by atoms with Crippen LogP contribution in [0.4, 0.5) is 19.0 Å². The Balaban J connectivity index is 2.31. The highest BCUT2D eigenvalue weighted by Gasteiger charge is 2.57. The molecule has 3 nitrogen and oxygen atoms in total. The maximum Gasteiger partial charge on any atom is 0.405 e. The van der Waals surface area contributed by atoms with Crippen LogP contribution in [0.1, 0.15) is 25.0 Å². The zero-order valence-electron chi connectivity index (χ0n) is 9.18. The maximum absolute atomic E-state index is 12.8. The monoisotopic (exact) mass is 319 g/mol. The van der Waals surface area contributed by atoms with E-state index in [9.17, 15) is 13.2 Å². The molecule has 7 heteroatoms. The molecule has 0 spiro atoms. The third-order valence-corrected chi connectivity index (χ3v) is 3.32. The number of nitrogen functional groups attached to an aromatic ring is 1. The first-order valence-electron chi connectivity index (χ1n) is 5.22. The lowest BCUT2D eigenvalue weighted by Crippen LogP contribution is -2.42. The van der Waals surface area contributed by atoms with Gasteiger partial charge in [0.15, 0.2) is 11.5 Å². The number of hydrogen-bond donors (Lipinski definition) is 1. The van der Waals surface area contributed by atoms with E-state index in [1.807, 2.05) is 0 Å². The maximum atomic E-state index is 12.8. The largest absolute Gasteiger partial charge is 0.405 e. The van der Waals surface area contributed by atoms with Gasteiger partial charge in [0.05, 0.1) is 6.20 Å². The minimum Gasteiger partial charge on any atom is -0.381 e. The molecule has 0 saturated heterocycles. The molecule has 2 rings (SSSR count). The van der Waals surface area contributed by atoms with Crippen molar-refractivity contribution in [1.29, 1.82) is 0 Å². The van der Waals surface area contributed by atoms with E-state index in [2.05, 4.69) is 37.7 Å². The van der Waals surface area contributed by atoms with Gasteiger partial charge >= 0.3 is 6.18 Å². The number of hydrogen-bond acceptors (Lipinski definition) is 3. The van der Waals surface area contributed by atoms with E-state index < -0.39 is 11.6 Å². The van der Waals surface area contributed by atoms with Crippen LogP contribution in [0.3, 0.4) is 0 Å². The molecule has 1 aliphatic carbocycles. The highest BCUT2D eigenvalue weighted by molar-refractivity contribution is 9.10. The van der Waals surface area contributed by atoms with Crippen molar-refractivity contribution in [2.45, 2.75) is 25.4 Å². The molecule has 0 aromatic carbocycles. The summed E-state index contributed by atoms with van der Waals surface area (Å²) in [4.78, 5) is 7.67. The number of nitrogens with two attached hydrogens (primary N) is 1. The van der Waals surface area contributed by atoms with Gasteiger partial charge < -0.3 is 5.73 Å². The summed E-state index contributed by atoms with van der Waals surface area (Å²) in [7, 11) is 0. The van der Waals surface area contributed by atoms with Crippen molar-refractivity contribution >= 4 is 21.7 Å². The Morgan fingerprint density at radius 3 is 2.50 bits per heavy atom. The highest BCUT2D eigenvalue weighted by atomic mass is 79.9. The van der Waals surface area contributed by atoms with Crippen molar-refractivity contribution in [2.24, 2.45) is 5.41 Å². The van der Waals surface area contributed by atoms with E-state index >= 15 is 0 Å². The molecular weight excluding hydrogens is 311 g/mol. The van der Waals surface area contributed by atoms with Crippen LogP contribution in [0.2, 0.25) is 0 Å². The first-order valence-corrected chi connectivity index (χ1v) is 6.01. The second-order valence-electron chi connectivity index (χ2n) is 4.11. The van der Waals surface area contributed by atoms with Crippen molar-refractivity contribution in [3.05, 3.63) is 16.5 Å². The van der Waals surface area contributed by atoms with Crippen LogP contribution in [0.5, 0.6) is 0 Å². The summed E-state index contributed by atoms with van der Waals surface area (Å²) >= 11 is 3.06. The van der Waals surface area contributed by atoms with Crippen molar-refractivity contribution in [3.63, 3.8) is 0 Å². The lowest BCUT2D eigenvalue weighted by atomic mass is 9.68. The fourth-order valence-electron chi connectivity index (χ4n) is 1.67. The summed E-state index contributed by atoms with van der Waals surface area (Å²) in [5.41, 5.74) is 3.71. The van der Waals surface area contributed by atoms with E-state index in [0.29, 0.717) is 11.0 Å². The Hall–Kier alpha value is -1.29. The average Bonchev–Trinajstić information content (AvgIpc) is 2.16. The molecule has 2 N–H and O–H groups in total. The number of halogens is 4. The van der Waals surface area contributed by atoms with E-state index in [4.69, 9.17) is 5.73 Å². The first kappa shape index (κ1) is 13.1. The van der Waals surface area contributed by atoms with Gasteiger partial charge in [-0.2, -0.15) is 13.2 Å². The number of nitrogens with zero attached hydrogens (tertiary/aromatic N) is 2. The normalized spacial score (nSPS) is 17.6. The van der Waals surface area contributed by atoms with Gasteiger partial charge in [-0.05, 0) is 41.1 Å². The molecule has 18 heavy (non-hydrogen) atoms. The molecule has 0 radical (unpaired) electrons. The molecule has 1 saturated carbocycles. The summed E-state index contributed by atoms with van der Waals surface area (Å²) in [6.45, 7) is 0. The fraction of sp³-hybridized carbons (Fsp3) is 0.455. The molecular formula is C11H9BrF3N3. The van der Waals surface area contributed by atoms with Crippen LogP contribution in [0.25, 0.3) is 0 Å². The van der Waals surface area contributed by atoms with E-state index in [0.717, 1.165) is 0 Å². The van der Waals surface area contributed by atoms with Crippen LogP contribution in [0.15, 0.2) is 10.8 Å². The Morgan fingerprint density at radius 2 is 2.06 bits per heavy atom. The van der Waals surface area contributed by atoms with Crippen molar-refractivity contribution in [1.82, 2.24) is 9.97 Å². The average molecular weight is 320 g/mol. The molecule has 1 fully saturated rings. The van der Waals surface area contributed by atoms with Crippen LogP contribution in [-0.4, -0.2) is 16.1 Å². The van der Waals surface area contributed by atoms with Crippen LogP contribution >= 0.6 is 15.9 Å². The molecule has 0 atom stereocenters. The van der Waals surface area contributed by atoms with Gasteiger partial charge in [0.2, 0.25) is 0 Å². The third-order valence-electron chi connectivity index (χ3n) is 2.94. The number of rotatable bonds is 0. The van der Waals surface area contributed by atoms with Gasteiger partial charge in [-0.25, -0.2) is 9.97 Å². The summed E-state index contributed by atoms with van der Waals surface area (Å²) in [6.07, 6.45) is -2.35. The SMILES string of the molecule is Nc1nc(Br)cnc1C#CC1(C(F)(F)F)CCC1. The smallest absolute Gasteiger partial charge is 0.381 e. The van der Waals surface area contributed by atoms with Crippen molar-refractivity contribution in [3.8, 4) is 11.8 Å². The summed E-state index contributed by atoms with van der Waals surface area (Å²) in [6, 6.07) is 0. The van der Waals surface area contributed by atoms with E-state index in [1.54, 1.807) is 0 Å². The molecule has 0 bridgehead atoms. The van der Waals surface area contributed by atoms with Crippen molar-refractivity contribution in [2.75, 3.05) is 5.73 Å². The predicted octanol–water partition coefficient (Wildman–Crippen LogP) is 2.91. The van der Waals surface area contributed by atoms with Crippen molar-refractivity contribution < 1.29 is 13.2 Å². The van der Waals surface area contributed by atoms with Gasteiger partial charge in [0, 0.05) is 0 Å². The minimum absolute atomic E-state index is 0.0218. The molecule has 0 unspecified atom stereocenters. The van der Waals surface area contributed by atoms with E-state index in [-0.39, 0.29) is 24.4 Å². The molecule has 1 heterocycles. The summed E-state index contributed by atoms with van der Waals surface area (Å²) in [5, 5.41) is 0. The Morgan fingerprint density at radius 1 is 1.39 bits per heavy atom. The van der Waals surface area contributed by atoms with Gasteiger partial charge in [-0.15, -0.1) is 0 Å². The molecule has 96 valence electrons. The van der Waals surface area contributed by atoms with Gasteiger partial charge in [0.25, 0.3) is 0 Å². The zero-order chi connectivity index (χ0) is 13.4. The van der Waals surface area contributed by atoms with Crippen LogP contribution in [-0.2, 0) is 0 Å². The number of aromatic nitrogens is 2. The standard InChI is InChI=1S/C11H9BrF3N3/c12-8-6-17-7(9(16)18-8)2-5-10(3-1-4-10)11(13,14)15/h6H,1,3-4H2,(H2,16,18). The topological polar surface area (TPSA) is 51.8 Å². The quantitative estimate of drug-likeness (QED) is 0.748. The third kappa shape index (κ3) is 2.29. The van der Waals surface area contributed by atoms with Gasteiger partial charge in [-0.3, -0.25) is 0 Å². The molecule has 1 aromatic rings.